The molecule has 0 spiro atoms. The van der Waals surface area contributed by atoms with Gasteiger partial charge >= 0.3 is 5.97 Å². The molecule has 0 aromatic heterocycles. The van der Waals surface area contributed by atoms with Gasteiger partial charge in [-0.15, -0.1) is 0 Å². The van der Waals surface area contributed by atoms with E-state index >= 15 is 0 Å². The fraction of sp³-hybridized carbons (Fsp3) is 0.500. The second-order valence-electron chi connectivity index (χ2n) is 6.32. The maximum atomic E-state index is 12.2. The highest BCUT2D eigenvalue weighted by atomic mass is 28.4. The lowest BCUT2D eigenvalue weighted by atomic mass is 10.2. The molecule has 1 rings (SSSR count). The highest BCUT2D eigenvalue weighted by Crippen LogP contribution is 2.42. The minimum Gasteiger partial charge on any atom is -0.509 e. The van der Waals surface area contributed by atoms with E-state index in [0.717, 1.165) is 5.56 Å². The van der Waals surface area contributed by atoms with E-state index < -0.39 is 8.32 Å². The Morgan fingerprint density at radius 2 is 1.43 bits per heavy atom. The van der Waals surface area contributed by atoms with Gasteiger partial charge in [0.05, 0.1) is 0 Å². The molecule has 0 aliphatic heterocycles. The molecule has 0 saturated carbocycles. The van der Waals surface area contributed by atoms with E-state index in [-0.39, 0.29) is 5.97 Å². The van der Waals surface area contributed by atoms with Gasteiger partial charge < -0.3 is 4.43 Å². The van der Waals surface area contributed by atoms with Crippen LogP contribution in [-0.4, -0.2) is 14.3 Å². The fourth-order valence-electron chi connectivity index (χ4n) is 3.18. The summed E-state index contributed by atoms with van der Waals surface area (Å²) in [5.74, 6) is 5.14. The Balaban J connectivity index is 2.95. The lowest BCUT2D eigenvalue weighted by Gasteiger charge is -2.40. The zero-order chi connectivity index (χ0) is 16.0. The number of hydrogen-bond donors (Lipinski definition) is 0. The van der Waals surface area contributed by atoms with Crippen LogP contribution in [0.15, 0.2) is 30.3 Å². The number of hydrogen-bond acceptors (Lipinski definition) is 2. The predicted molar refractivity (Wildman–Crippen MR) is 90.5 cm³/mol. The molecular formula is C18H26O2Si. The van der Waals surface area contributed by atoms with E-state index in [2.05, 4.69) is 53.4 Å². The van der Waals surface area contributed by atoms with Crippen LogP contribution < -0.4 is 0 Å². The summed E-state index contributed by atoms with van der Waals surface area (Å²) in [5.41, 5.74) is 1.96. The second-order valence-corrected chi connectivity index (χ2v) is 11.7. The van der Waals surface area contributed by atoms with Crippen LogP contribution in [0.4, 0.5) is 0 Å². The van der Waals surface area contributed by atoms with E-state index in [0.29, 0.717) is 16.6 Å². The first-order valence-electron chi connectivity index (χ1n) is 7.60. The van der Waals surface area contributed by atoms with Crippen molar-refractivity contribution in [2.45, 2.75) is 58.2 Å². The van der Waals surface area contributed by atoms with Gasteiger partial charge in [-0.3, -0.25) is 0 Å². The van der Waals surface area contributed by atoms with Gasteiger partial charge in [-0.25, -0.2) is 4.79 Å². The standard InChI is InChI=1S/C18H26O2Si/c1-14(2)21(15(3)4,16(5)6)20-18(19)13-12-17-10-8-7-9-11-17/h7-11,14-16H,1-6H3. The molecule has 0 amide bonds. The molecule has 0 aliphatic carbocycles. The third-order valence-electron chi connectivity index (χ3n) is 4.06. The normalized spacial score (nSPS) is 11.5. The fourth-order valence-corrected chi connectivity index (χ4v) is 8.26. The molecule has 0 aliphatic rings. The average molecular weight is 302 g/mol. The Bertz CT molecular complexity index is 499. The summed E-state index contributed by atoms with van der Waals surface area (Å²) in [6.45, 7) is 12.9. The van der Waals surface area contributed by atoms with Crippen LogP contribution in [0, 0.1) is 11.8 Å². The zero-order valence-corrected chi connectivity index (χ0v) is 14.9. The predicted octanol–water partition coefficient (Wildman–Crippen LogP) is 4.76. The summed E-state index contributed by atoms with van der Waals surface area (Å²) in [7, 11) is -2.18. The monoisotopic (exact) mass is 302 g/mol. The van der Waals surface area contributed by atoms with Gasteiger partial charge in [0, 0.05) is 11.5 Å². The van der Waals surface area contributed by atoms with Crippen LogP contribution in [-0.2, 0) is 9.22 Å². The molecule has 0 radical (unpaired) electrons. The van der Waals surface area contributed by atoms with Gasteiger partial charge in [-0.1, -0.05) is 65.7 Å². The van der Waals surface area contributed by atoms with Crippen LogP contribution in [0.3, 0.4) is 0 Å². The molecule has 3 heteroatoms. The topological polar surface area (TPSA) is 26.3 Å². The van der Waals surface area contributed by atoms with Crippen molar-refractivity contribution in [2.75, 3.05) is 0 Å². The van der Waals surface area contributed by atoms with Crippen molar-refractivity contribution in [3.8, 4) is 11.8 Å². The van der Waals surface area contributed by atoms with Gasteiger partial charge in [0.25, 0.3) is 8.32 Å². The van der Waals surface area contributed by atoms with Crippen molar-refractivity contribution in [1.82, 2.24) is 0 Å². The Morgan fingerprint density at radius 1 is 0.952 bits per heavy atom. The molecule has 0 unspecified atom stereocenters. The number of benzene rings is 1. The molecule has 1 aromatic rings. The number of carbonyl (C=O) groups excluding carboxylic acids is 1. The van der Waals surface area contributed by atoms with E-state index in [1.165, 1.54) is 0 Å². The van der Waals surface area contributed by atoms with E-state index in [9.17, 15) is 4.79 Å². The first-order chi connectivity index (χ1) is 9.80. The number of carbonyl (C=O) groups is 1. The molecule has 114 valence electrons. The molecule has 0 heterocycles. The SMILES string of the molecule is CC(C)[Si](OC(=O)C#Cc1ccccc1)(C(C)C)C(C)C. The molecule has 1 aromatic carbocycles. The molecule has 0 atom stereocenters. The van der Waals surface area contributed by atoms with Crippen LogP contribution >= 0.6 is 0 Å². The quantitative estimate of drug-likeness (QED) is 0.592. The van der Waals surface area contributed by atoms with E-state index in [4.69, 9.17) is 4.43 Å². The molecule has 0 N–H and O–H groups in total. The second kappa shape index (κ2) is 7.47. The van der Waals surface area contributed by atoms with Crippen molar-refractivity contribution in [1.29, 1.82) is 0 Å². The Morgan fingerprint density at radius 3 is 1.86 bits per heavy atom. The third-order valence-corrected chi connectivity index (χ3v) is 10.0. The molecular weight excluding hydrogens is 276 g/mol. The minimum atomic E-state index is -2.18. The minimum absolute atomic E-state index is 0.375. The molecule has 21 heavy (non-hydrogen) atoms. The van der Waals surface area contributed by atoms with E-state index in [1.54, 1.807) is 0 Å². The van der Waals surface area contributed by atoms with Gasteiger partial charge in [-0.05, 0) is 28.8 Å². The van der Waals surface area contributed by atoms with E-state index in [1.807, 2.05) is 30.3 Å². The maximum absolute atomic E-state index is 12.2. The summed E-state index contributed by atoms with van der Waals surface area (Å²) in [6, 6.07) is 9.52. The average Bonchev–Trinajstić information content (AvgIpc) is 2.42. The third kappa shape index (κ3) is 4.22. The smallest absolute Gasteiger partial charge is 0.371 e. The molecule has 2 nitrogen and oxygen atoms in total. The van der Waals surface area contributed by atoms with Crippen molar-refractivity contribution in [2.24, 2.45) is 0 Å². The summed E-state index contributed by atoms with van der Waals surface area (Å²) < 4.78 is 5.97. The van der Waals surface area contributed by atoms with Crippen molar-refractivity contribution in [3.63, 3.8) is 0 Å². The Labute approximate surface area is 130 Å². The lowest BCUT2D eigenvalue weighted by Crippen LogP contribution is -2.49. The highest BCUT2D eigenvalue weighted by Gasteiger charge is 2.48. The summed E-state index contributed by atoms with van der Waals surface area (Å²) in [4.78, 5) is 12.2. The molecule has 0 saturated heterocycles. The van der Waals surface area contributed by atoms with Crippen molar-refractivity contribution in [3.05, 3.63) is 35.9 Å². The first-order valence-corrected chi connectivity index (χ1v) is 9.74. The Kier molecular flexibility index (Phi) is 6.23. The zero-order valence-electron chi connectivity index (χ0n) is 13.9. The summed E-state index contributed by atoms with van der Waals surface area (Å²) >= 11 is 0. The van der Waals surface area contributed by atoms with Gasteiger partial charge in [-0.2, -0.15) is 0 Å². The maximum Gasteiger partial charge on any atom is 0.371 e. The van der Waals surface area contributed by atoms with Crippen molar-refractivity contribution >= 4 is 14.3 Å². The van der Waals surface area contributed by atoms with Gasteiger partial charge in [0.2, 0.25) is 0 Å². The first kappa shape index (κ1) is 17.5. The van der Waals surface area contributed by atoms with Crippen molar-refractivity contribution < 1.29 is 9.22 Å². The number of rotatable bonds is 4. The van der Waals surface area contributed by atoms with Crippen LogP contribution in [0.1, 0.15) is 47.1 Å². The van der Waals surface area contributed by atoms with Crippen LogP contribution in [0.25, 0.3) is 0 Å². The van der Waals surface area contributed by atoms with Gasteiger partial charge in [0.1, 0.15) is 0 Å². The Hall–Kier alpha value is -1.53. The lowest BCUT2D eigenvalue weighted by molar-refractivity contribution is -0.129. The van der Waals surface area contributed by atoms with Crippen LogP contribution in [0.2, 0.25) is 16.6 Å². The molecule has 0 bridgehead atoms. The largest absolute Gasteiger partial charge is 0.509 e. The summed E-state index contributed by atoms with van der Waals surface area (Å²) in [6.07, 6.45) is 0. The summed E-state index contributed by atoms with van der Waals surface area (Å²) in [5, 5.41) is 0. The van der Waals surface area contributed by atoms with Crippen LogP contribution in [0.5, 0.6) is 0 Å². The van der Waals surface area contributed by atoms with Gasteiger partial charge in [0.15, 0.2) is 0 Å². The molecule has 0 fully saturated rings. The highest BCUT2D eigenvalue weighted by molar-refractivity contribution is 6.79.